The van der Waals surface area contributed by atoms with E-state index >= 15 is 0 Å². The molecule has 0 spiro atoms. The lowest BCUT2D eigenvalue weighted by Gasteiger charge is -2.15. The summed E-state index contributed by atoms with van der Waals surface area (Å²) in [6.07, 6.45) is 6.03. The van der Waals surface area contributed by atoms with E-state index in [-0.39, 0.29) is 11.7 Å². The highest BCUT2D eigenvalue weighted by molar-refractivity contribution is 5.86. The molecular formula is C29H32FNO2. The number of benzene rings is 3. The molecule has 33 heavy (non-hydrogen) atoms. The van der Waals surface area contributed by atoms with Crippen LogP contribution in [0.2, 0.25) is 0 Å². The molecule has 0 heterocycles. The fraction of sp³-hybridized carbons (Fsp3) is 0.276. The third-order valence-electron chi connectivity index (χ3n) is 5.74. The number of carbonyl (C=O) groups is 1. The molecule has 3 nitrogen and oxygen atoms in total. The van der Waals surface area contributed by atoms with Gasteiger partial charge in [-0.05, 0) is 59.4 Å². The molecule has 0 atom stereocenters. The van der Waals surface area contributed by atoms with Gasteiger partial charge in [0.05, 0.1) is 6.54 Å². The zero-order chi connectivity index (χ0) is 23.6. The van der Waals surface area contributed by atoms with Crippen LogP contribution >= 0.6 is 0 Å². The highest BCUT2D eigenvalue weighted by Crippen LogP contribution is 2.29. The Hall–Kier alpha value is -3.40. The number of carbonyl (C=O) groups excluding carboxylic acids is 1. The van der Waals surface area contributed by atoms with Crippen LogP contribution in [-0.4, -0.2) is 31.0 Å². The lowest BCUT2D eigenvalue weighted by Crippen LogP contribution is -2.29. The van der Waals surface area contributed by atoms with Crippen LogP contribution in [0.3, 0.4) is 0 Å². The van der Waals surface area contributed by atoms with E-state index in [1.54, 1.807) is 13.1 Å². The molecule has 3 aromatic carbocycles. The van der Waals surface area contributed by atoms with Crippen molar-refractivity contribution in [1.29, 1.82) is 0 Å². The molecule has 1 amide bonds. The summed E-state index contributed by atoms with van der Waals surface area (Å²) in [7, 11) is 1.70. The Morgan fingerprint density at radius 2 is 1.64 bits per heavy atom. The molecule has 3 aromatic rings. The van der Waals surface area contributed by atoms with Gasteiger partial charge in [0.25, 0.3) is 0 Å². The first-order chi connectivity index (χ1) is 16.0. The van der Waals surface area contributed by atoms with E-state index in [1.807, 2.05) is 36.4 Å². The summed E-state index contributed by atoms with van der Waals surface area (Å²) in [5, 5.41) is 0. The Kier molecular flexibility index (Phi) is 8.82. The van der Waals surface area contributed by atoms with Crippen LogP contribution in [0.15, 0.2) is 79.4 Å². The van der Waals surface area contributed by atoms with Gasteiger partial charge in [-0.2, -0.15) is 0 Å². The van der Waals surface area contributed by atoms with E-state index < -0.39 is 0 Å². The fourth-order valence-electron chi connectivity index (χ4n) is 3.67. The quantitative estimate of drug-likeness (QED) is 0.237. The third kappa shape index (κ3) is 6.79. The van der Waals surface area contributed by atoms with Gasteiger partial charge in [-0.25, -0.2) is 4.39 Å². The fourth-order valence-corrected chi connectivity index (χ4v) is 3.67. The number of hydrogen-bond donors (Lipinski definition) is 0. The van der Waals surface area contributed by atoms with E-state index in [9.17, 15) is 9.18 Å². The van der Waals surface area contributed by atoms with Crippen molar-refractivity contribution in [2.75, 3.05) is 20.2 Å². The molecule has 172 valence electrons. The topological polar surface area (TPSA) is 29.5 Å². The van der Waals surface area contributed by atoms with Gasteiger partial charge >= 0.3 is 0 Å². The Morgan fingerprint density at radius 1 is 0.970 bits per heavy atom. The summed E-state index contributed by atoms with van der Waals surface area (Å²) >= 11 is 0. The second kappa shape index (κ2) is 12.0. The Balaban J connectivity index is 1.62. The Bertz CT molecular complexity index is 1060. The van der Waals surface area contributed by atoms with Crippen LogP contribution in [0.1, 0.15) is 31.7 Å². The second-order valence-electron chi connectivity index (χ2n) is 8.19. The maximum atomic E-state index is 14.9. The molecule has 0 aliphatic rings. The van der Waals surface area contributed by atoms with Gasteiger partial charge in [0.2, 0.25) is 5.91 Å². The largest absolute Gasteiger partial charge is 0.492 e. The molecule has 0 N–H and O–H groups in total. The van der Waals surface area contributed by atoms with E-state index in [0.717, 1.165) is 23.1 Å². The summed E-state index contributed by atoms with van der Waals surface area (Å²) in [4.78, 5) is 13.0. The molecule has 0 saturated carbocycles. The van der Waals surface area contributed by atoms with Crippen molar-refractivity contribution in [3.8, 4) is 28.0 Å². The van der Waals surface area contributed by atoms with Crippen molar-refractivity contribution in [1.82, 2.24) is 4.90 Å². The van der Waals surface area contributed by atoms with E-state index in [0.29, 0.717) is 24.5 Å². The molecule has 4 heteroatoms. The van der Waals surface area contributed by atoms with Crippen LogP contribution < -0.4 is 4.74 Å². The molecule has 0 unspecified atom stereocenters. The number of aryl methyl sites for hydroxylation is 1. The van der Waals surface area contributed by atoms with E-state index in [1.165, 1.54) is 35.8 Å². The Morgan fingerprint density at radius 3 is 2.27 bits per heavy atom. The number of nitrogens with zero attached hydrogens (tertiary/aromatic N) is 1. The van der Waals surface area contributed by atoms with Crippen LogP contribution in [0.4, 0.5) is 4.39 Å². The van der Waals surface area contributed by atoms with Crippen molar-refractivity contribution in [3.05, 3.63) is 90.8 Å². The van der Waals surface area contributed by atoms with Gasteiger partial charge in [0, 0.05) is 12.6 Å². The second-order valence-corrected chi connectivity index (χ2v) is 8.19. The predicted molar refractivity (Wildman–Crippen MR) is 134 cm³/mol. The number of hydrogen-bond acceptors (Lipinski definition) is 2. The van der Waals surface area contributed by atoms with Gasteiger partial charge in [-0.3, -0.25) is 4.79 Å². The highest BCUT2D eigenvalue weighted by atomic mass is 19.1. The normalized spacial score (nSPS) is 10.6. The van der Waals surface area contributed by atoms with Crippen molar-refractivity contribution in [2.45, 2.75) is 32.6 Å². The molecule has 3 rings (SSSR count). The third-order valence-corrected chi connectivity index (χ3v) is 5.74. The summed E-state index contributed by atoms with van der Waals surface area (Å²) in [6, 6.07) is 21.1. The summed E-state index contributed by atoms with van der Waals surface area (Å²) in [6.45, 7) is 6.51. The Labute approximate surface area is 196 Å². The molecular weight excluding hydrogens is 413 g/mol. The minimum atomic E-state index is -0.252. The number of likely N-dealkylation sites (N-methyl/N-ethyl adjacent to an activating group) is 1. The number of halogens is 1. The van der Waals surface area contributed by atoms with Crippen molar-refractivity contribution in [2.24, 2.45) is 0 Å². The van der Waals surface area contributed by atoms with E-state index in [2.05, 4.69) is 37.8 Å². The van der Waals surface area contributed by atoms with Crippen LogP contribution in [0.25, 0.3) is 22.3 Å². The molecule has 0 radical (unpaired) electrons. The first-order valence-electron chi connectivity index (χ1n) is 11.5. The number of rotatable bonds is 11. The maximum Gasteiger partial charge on any atom is 0.245 e. The van der Waals surface area contributed by atoms with Crippen molar-refractivity contribution >= 4 is 5.91 Å². The first-order valence-corrected chi connectivity index (χ1v) is 11.5. The van der Waals surface area contributed by atoms with Gasteiger partial charge in [0.1, 0.15) is 18.2 Å². The average molecular weight is 446 g/mol. The SMILES string of the molecule is C=CC(=O)N(C)CCOc1ccc(-c2ccc(-c3ccc(CCCCC)cc3)cc2F)cc1. The van der Waals surface area contributed by atoms with Gasteiger partial charge in [0.15, 0.2) is 0 Å². The van der Waals surface area contributed by atoms with Crippen molar-refractivity contribution < 1.29 is 13.9 Å². The predicted octanol–water partition coefficient (Wildman–Crippen LogP) is 6.92. The lowest BCUT2D eigenvalue weighted by molar-refractivity contribution is -0.125. The minimum Gasteiger partial charge on any atom is -0.492 e. The highest BCUT2D eigenvalue weighted by Gasteiger charge is 2.09. The average Bonchev–Trinajstić information content (AvgIpc) is 2.84. The van der Waals surface area contributed by atoms with Gasteiger partial charge in [-0.15, -0.1) is 0 Å². The summed E-state index contributed by atoms with van der Waals surface area (Å²) < 4.78 is 20.6. The monoisotopic (exact) mass is 445 g/mol. The van der Waals surface area contributed by atoms with E-state index in [4.69, 9.17) is 4.74 Å². The summed E-state index contributed by atoms with van der Waals surface area (Å²) in [5.74, 6) is 0.280. The number of ether oxygens (including phenoxy) is 1. The van der Waals surface area contributed by atoms with Gasteiger partial charge in [-0.1, -0.05) is 74.9 Å². The van der Waals surface area contributed by atoms with Crippen LogP contribution in [0.5, 0.6) is 5.75 Å². The standard InChI is InChI=1S/C29H32FNO2/c1-4-6-7-8-22-9-11-23(12-10-22)25-15-18-27(28(30)21-25)24-13-16-26(17-14-24)33-20-19-31(3)29(32)5-2/h5,9-18,21H,2,4,6-8,19-20H2,1,3H3. The summed E-state index contributed by atoms with van der Waals surface area (Å²) in [5.41, 5.74) is 4.55. The molecule has 0 bridgehead atoms. The maximum absolute atomic E-state index is 14.9. The molecule has 0 saturated heterocycles. The van der Waals surface area contributed by atoms with Gasteiger partial charge < -0.3 is 9.64 Å². The van der Waals surface area contributed by atoms with Crippen LogP contribution in [0, 0.1) is 5.82 Å². The van der Waals surface area contributed by atoms with Crippen molar-refractivity contribution in [3.63, 3.8) is 0 Å². The molecule has 0 aromatic heterocycles. The molecule has 0 aliphatic heterocycles. The number of amides is 1. The minimum absolute atomic E-state index is 0.143. The molecule has 0 fully saturated rings. The number of unbranched alkanes of at least 4 members (excludes halogenated alkanes) is 2. The lowest BCUT2D eigenvalue weighted by atomic mass is 9.98. The van der Waals surface area contributed by atoms with Crippen LogP contribution in [-0.2, 0) is 11.2 Å². The smallest absolute Gasteiger partial charge is 0.245 e. The zero-order valence-electron chi connectivity index (χ0n) is 19.5. The zero-order valence-corrected chi connectivity index (χ0v) is 19.5. The first kappa shape index (κ1) is 24.2. The molecule has 0 aliphatic carbocycles.